The molecule has 2 amide bonds. The van der Waals surface area contributed by atoms with Crippen LogP contribution < -0.4 is 9.62 Å². The number of anilines is 1. The first-order chi connectivity index (χ1) is 16.6. The Morgan fingerprint density at radius 2 is 1.74 bits per heavy atom. The second kappa shape index (κ2) is 13.7. The summed E-state index contributed by atoms with van der Waals surface area (Å²) in [6.45, 7) is 4.14. The minimum atomic E-state index is -3.86. The number of sulfonamides is 1. The first-order valence-corrected chi connectivity index (χ1v) is 14.2. The predicted octanol–water partition coefficient (Wildman–Crippen LogP) is 4.53. The van der Waals surface area contributed by atoms with Gasteiger partial charge in [0, 0.05) is 18.1 Å². The highest BCUT2D eigenvalue weighted by Crippen LogP contribution is 2.30. The van der Waals surface area contributed by atoms with Crippen molar-refractivity contribution in [2.75, 3.05) is 30.2 Å². The van der Waals surface area contributed by atoms with E-state index in [1.165, 1.54) is 23.1 Å². The van der Waals surface area contributed by atoms with Crippen LogP contribution in [0.25, 0.3) is 0 Å². The maximum Gasteiger partial charge on any atom is 0.244 e. The number of benzene rings is 2. The average molecular weight is 543 g/mol. The molecule has 1 N–H and O–H groups in total. The fourth-order valence-electron chi connectivity index (χ4n) is 3.68. The molecular weight excluding hydrogens is 509 g/mol. The van der Waals surface area contributed by atoms with Gasteiger partial charge in [-0.25, -0.2) is 8.42 Å². The molecule has 0 unspecified atom stereocenters. The maximum atomic E-state index is 13.6. The third-order valence-electron chi connectivity index (χ3n) is 5.56. The Morgan fingerprint density at radius 1 is 1.06 bits per heavy atom. The highest BCUT2D eigenvalue weighted by atomic mass is 35.5. The number of carbonyl (C=O) groups is 2. The van der Waals surface area contributed by atoms with E-state index in [0.717, 1.165) is 29.0 Å². The van der Waals surface area contributed by atoms with Crippen LogP contribution >= 0.6 is 23.2 Å². The van der Waals surface area contributed by atoms with Crippen LogP contribution in [0, 0.1) is 0 Å². The van der Waals surface area contributed by atoms with Crippen molar-refractivity contribution in [3.05, 3.63) is 64.1 Å². The molecule has 0 saturated carbocycles. The Hall–Kier alpha value is -2.29. The van der Waals surface area contributed by atoms with Gasteiger partial charge in [0.05, 0.1) is 17.0 Å². The average Bonchev–Trinajstić information content (AvgIpc) is 2.80. The summed E-state index contributed by atoms with van der Waals surface area (Å²) >= 11 is 12.2. The van der Waals surface area contributed by atoms with E-state index in [2.05, 4.69) is 5.32 Å². The SMILES string of the molecule is CCCCNC(=O)[C@H](CC)N(CCc1ccccc1)C(=O)CN(c1ccc(Cl)cc1Cl)S(C)(=O)=O. The largest absolute Gasteiger partial charge is 0.354 e. The van der Waals surface area contributed by atoms with E-state index < -0.39 is 28.5 Å². The van der Waals surface area contributed by atoms with E-state index in [1.54, 1.807) is 0 Å². The van der Waals surface area contributed by atoms with Gasteiger partial charge in [0.15, 0.2) is 0 Å². The van der Waals surface area contributed by atoms with Gasteiger partial charge in [0.25, 0.3) is 0 Å². The number of halogens is 2. The molecule has 0 aliphatic carbocycles. The lowest BCUT2D eigenvalue weighted by molar-refractivity contribution is -0.139. The van der Waals surface area contributed by atoms with E-state index in [1.807, 2.05) is 44.2 Å². The molecule has 10 heteroatoms. The summed E-state index contributed by atoms with van der Waals surface area (Å²) in [6.07, 6.45) is 3.68. The van der Waals surface area contributed by atoms with Crippen molar-refractivity contribution in [3.63, 3.8) is 0 Å². The standard InChI is InChI=1S/C25H33Cl2N3O4S/c1-4-6-15-28-25(32)22(5-2)29(16-14-19-10-8-7-9-11-19)24(31)18-30(35(3,33)34)23-13-12-20(26)17-21(23)27/h7-13,17,22H,4-6,14-16,18H2,1-3H3,(H,28,32)/t22-/m0/s1. The smallest absolute Gasteiger partial charge is 0.244 e. The Morgan fingerprint density at radius 3 is 2.31 bits per heavy atom. The fourth-order valence-corrected chi connectivity index (χ4v) is 5.10. The minimum absolute atomic E-state index is 0.107. The van der Waals surface area contributed by atoms with Crippen molar-refractivity contribution < 1.29 is 18.0 Å². The summed E-state index contributed by atoms with van der Waals surface area (Å²) in [7, 11) is -3.86. The van der Waals surface area contributed by atoms with Crippen LogP contribution in [0.1, 0.15) is 38.7 Å². The quantitative estimate of drug-likeness (QED) is 0.377. The van der Waals surface area contributed by atoms with E-state index >= 15 is 0 Å². The van der Waals surface area contributed by atoms with Crippen LogP contribution in [-0.4, -0.2) is 57.1 Å². The number of hydrogen-bond donors (Lipinski definition) is 1. The molecule has 192 valence electrons. The number of nitrogens with zero attached hydrogens (tertiary/aromatic N) is 2. The van der Waals surface area contributed by atoms with Crippen molar-refractivity contribution in [3.8, 4) is 0 Å². The normalized spacial score (nSPS) is 12.1. The highest BCUT2D eigenvalue weighted by Gasteiger charge is 2.31. The molecule has 0 spiro atoms. The molecule has 0 radical (unpaired) electrons. The van der Waals surface area contributed by atoms with E-state index in [9.17, 15) is 18.0 Å². The molecule has 7 nitrogen and oxygen atoms in total. The summed E-state index contributed by atoms with van der Waals surface area (Å²) in [5.74, 6) is -0.743. The lowest BCUT2D eigenvalue weighted by Crippen LogP contribution is -2.53. The van der Waals surface area contributed by atoms with Gasteiger partial charge in [-0.3, -0.25) is 13.9 Å². The van der Waals surface area contributed by atoms with Crippen LogP contribution in [0.5, 0.6) is 0 Å². The minimum Gasteiger partial charge on any atom is -0.354 e. The van der Waals surface area contributed by atoms with E-state index in [-0.39, 0.29) is 23.2 Å². The number of amides is 2. The van der Waals surface area contributed by atoms with Crippen molar-refractivity contribution in [1.82, 2.24) is 10.2 Å². The summed E-state index contributed by atoms with van der Waals surface area (Å²) in [4.78, 5) is 28.0. The van der Waals surface area contributed by atoms with Gasteiger partial charge in [-0.2, -0.15) is 0 Å². The molecule has 0 saturated heterocycles. The molecule has 0 bridgehead atoms. The zero-order valence-electron chi connectivity index (χ0n) is 20.3. The van der Waals surface area contributed by atoms with Crippen LogP contribution in [0.3, 0.4) is 0 Å². The molecule has 0 heterocycles. The second-order valence-corrected chi connectivity index (χ2v) is 11.0. The van der Waals surface area contributed by atoms with Crippen molar-refractivity contribution in [2.45, 2.75) is 45.6 Å². The van der Waals surface area contributed by atoms with Gasteiger partial charge in [-0.1, -0.05) is 73.8 Å². The maximum absolute atomic E-state index is 13.6. The van der Waals surface area contributed by atoms with Crippen LogP contribution in [0.2, 0.25) is 10.0 Å². The molecule has 35 heavy (non-hydrogen) atoms. The van der Waals surface area contributed by atoms with Crippen LogP contribution in [0.15, 0.2) is 48.5 Å². The summed E-state index contributed by atoms with van der Waals surface area (Å²) in [5, 5.41) is 3.35. The van der Waals surface area contributed by atoms with Crippen molar-refractivity contribution in [2.24, 2.45) is 0 Å². The number of hydrogen-bond acceptors (Lipinski definition) is 4. The Kier molecular flexibility index (Phi) is 11.3. The van der Waals surface area contributed by atoms with Crippen LogP contribution in [-0.2, 0) is 26.0 Å². The zero-order chi connectivity index (χ0) is 26.0. The lowest BCUT2D eigenvalue weighted by Gasteiger charge is -2.33. The molecule has 0 fully saturated rings. The zero-order valence-corrected chi connectivity index (χ0v) is 22.7. The van der Waals surface area contributed by atoms with E-state index in [0.29, 0.717) is 24.4 Å². The first-order valence-electron chi connectivity index (χ1n) is 11.6. The highest BCUT2D eigenvalue weighted by molar-refractivity contribution is 7.92. The number of nitrogens with one attached hydrogen (secondary N) is 1. The third-order valence-corrected chi connectivity index (χ3v) is 7.22. The molecule has 0 aliphatic rings. The Labute approximate surface area is 218 Å². The number of unbranched alkanes of at least 4 members (excludes halogenated alkanes) is 1. The van der Waals surface area contributed by atoms with Gasteiger partial charge in [-0.05, 0) is 43.0 Å². The Balaban J connectivity index is 2.35. The van der Waals surface area contributed by atoms with Gasteiger partial charge in [0.2, 0.25) is 21.8 Å². The third kappa shape index (κ3) is 8.70. The topological polar surface area (TPSA) is 86.8 Å². The monoisotopic (exact) mass is 541 g/mol. The molecule has 2 aromatic carbocycles. The van der Waals surface area contributed by atoms with Crippen molar-refractivity contribution in [1.29, 1.82) is 0 Å². The second-order valence-electron chi connectivity index (χ2n) is 8.26. The predicted molar refractivity (Wildman–Crippen MR) is 143 cm³/mol. The fraction of sp³-hybridized carbons (Fsp3) is 0.440. The number of rotatable bonds is 13. The Bertz CT molecular complexity index is 1100. The number of carbonyl (C=O) groups excluding carboxylic acids is 2. The molecule has 1 atom stereocenters. The molecule has 0 aromatic heterocycles. The summed E-state index contributed by atoms with van der Waals surface area (Å²) < 4.78 is 26.2. The van der Waals surface area contributed by atoms with Gasteiger partial charge >= 0.3 is 0 Å². The molecule has 0 aliphatic heterocycles. The molecular formula is C25H33Cl2N3O4S. The van der Waals surface area contributed by atoms with Crippen LogP contribution in [0.4, 0.5) is 5.69 Å². The van der Waals surface area contributed by atoms with Gasteiger partial charge < -0.3 is 10.2 Å². The molecule has 2 aromatic rings. The lowest BCUT2D eigenvalue weighted by atomic mass is 10.1. The summed E-state index contributed by atoms with van der Waals surface area (Å²) in [5.41, 5.74) is 1.16. The van der Waals surface area contributed by atoms with Crippen molar-refractivity contribution >= 4 is 50.7 Å². The van der Waals surface area contributed by atoms with E-state index in [4.69, 9.17) is 23.2 Å². The van der Waals surface area contributed by atoms with Gasteiger partial charge in [0.1, 0.15) is 12.6 Å². The first kappa shape index (κ1) is 28.9. The summed E-state index contributed by atoms with van der Waals surface area (Å²) in [6, 6.07) is 13.3. The van der Waals surface area contributed by atoms with Gasteiger partial charge in [-0.15, -0.1) is 0 Å². The molecule has 2 rings (SSSR count).